The van der Waals surface area contributed by atoms with Gasteiger partial charge in [-0.2, -0.15) is 0 Å². The Morgan fingerprint density at radius 1 is 1.26 bits per heavy atom. The van der Waals surface area contributed by atoms with Crippen LogP contribution in [0.5, 0.6) is 0 Å². The molecule has 1 saturated heterocycles. The molecule has 7 nitrogen and oxygen atoms in total. The van der Waals surface area contributed by atoms with Gasteiger partial charge in [0.2, 0.25) is 10.0 Å². The molecule has 0 amide bonds. The van der Waals surface area contributed by atoms with Gasteiger partial charge in [-0.25, -0.2) is 21.1 Å². The maximum Gasteiger partial charge on any atom is 0.303 e. The number of hydrogen-bond acceptors (Lipinski definition) is 5. The van der Waals surface area contributed by atoms with E-state index >= 15 is 0 Å². The molecule has 0 bridgehead atoms. The Hall–Kier alpha value is -0.670. The second-order valence-corrected chi connectivity index (χ2v) is 9.26. The van der Waals surface area contributed by atoms with Crippen molar-refractivity contribution in [3.63, 3.8) is 0 Å². The van der Waals surface area contributed by atoms with E-state index in [0.717, 1.165) is 6.26 Å². The molecule has 1 N–H and O–H groups in total. The summed E-state index contributed by atoms with van der Waals surface area (Å²) in [6, 6.07) is 0. The van der Waals surface area contributed by atoms with E-state index in [-0.39, 0.29) is 18.9 Å². The van der Waals surface area contributed by atoms with E-state index in [1.807, 2.05) is 0 Å². The van der Waals surface area contributed by atoms with Gasteiger partial charge in [0.25, 0.3) is 0 Å². The number of sulfonamides is 1. The molecular formula is C10H19NO6S2. The molecule has 0 saturated carbocycles. The highest BCUT2D eigenvalue weighted by Gasteiger charge is 2.30. The quantitative estimate of drug-likeness (QED) is 0.711. The van der Waals surface area contributed by atoms with Crippen molar-refractivity contribution in [1.82, 2.24) is 4.31 Å². The van der Waals surface area contributed by atoms with Crippen molar-refractivity contribution in [2.24, 2.45) is 5.92 Å². The van der Waals surface area contributed by atoms with Crippen LogP contribution in [0.1, 0.15) is 19.3 Å². The molecule has 1 heterocycles. The molecule has 1 aliphatic rings. The third-order valence-electron chi connectivity index (χ3n) is 3.05. The molecule has 0 aromatic rings. The van der Waals surface area contributed by atoms with Crippen LogP contribution in [0, 0.1) is 5.92 Å². The number of carboxylic acids is 1. The molecule has 1 atom stereocenters. The second kappa shape index (κ2) is 6.19. The maximum absolute atomic E-state index is 12.0. The normalized spacial score (nSPS) is 22.3. The standard InChI is InChI=1S/C10H19NO6S2/c1-18(14,15)5-6-19(16,17)11-4-2-3-9(8-11)7-10(12)13/h9H,2-8H2,1H3,(H,12,13). The van der Waals surface area contributed by atoms with E-state index in [1.165, 1.54) is 4.31 Å². The molecule has 0 aromatic carbocycles. The first-order valence-electron chi connectivity index (χ1n) is 5.97. The highest BCUT2D eigenvalue weighted by Crippen LogP contribution is 2.22. The van der Waals surface area contributed by atoms with Crippen LogP contribution in [0.4, 0.5) is 0 Å². The molecule has 1 aliphatic heterocycles. The number of carbonyl (C=O) groups is 1. The van der Waals surface area contributed by atoms with Crippen LogP contribution in [-0.4, -0.2) is 63.1 Å². The first kappa shape index (κ1) is 16.4. The van der Waals surface area contributed by atoms with Crippen molar-refractivity contribution in [3.05, 3.63) is 0 Å². The van der Waals surface area contributed by atoms with Gasteiger partial charge in [0, 0.05) is 25.8 Å². The summed E-state index contributed by atoms with van der Waals surface area (Å²) in [5.41, 5.74) is 0. The lowest BCUT2D eigenvalue weighted by molar-refractivity contribution is -0.138. The van der Waals surface area contributed by atoms with Gasteiger partial charge in [-0.05, 0) is 18.8 Å². The Morgan fingerprint density at radius 3 is 2.42 bits per heavy atom. The first-order valence-corrected chi connectivity index (χ1v) is 9.64. The molecule has 0 radical (unpaired) electrons. The minimum atomic E-state index is -3.62. The number of sulfone groups is 1. The zero-order chi connectivity index (χ0) is 14.7. The van der Waals surface area contributed by atoms with Gasteiger partial charge in [-0.3, -0.25) is 4.79 Å². The monoisotopic (exact) mass is 313 g/mol. The fourth-order valence-corrected chi connectivity index (χ4v) is 5.24. The molecule has 1 unspecified atom stereocenters. The summed E-state index contributed by atoms with van der Waals surface area (Å²) in [4.78, 5) is 10.6. The van der Waals surface area contributed by atoms with Crippen LogP contribution in [0.25, 0.3) is 0 Å². The Balaban J connectivity index is 2.65. The van der Waals surface area contributed by atoms with E-state index in [0.29, 0.717) is 19.4 Å². The lowest BCUT2D eigenvalue weighted by Crippen LogP contribution is -2.42. The average molecular weight is 313 g/mol. The molecule has 9 heteroatoms. The van der Waals surface area contributed by atoms with Crippen molar-refractivity contribution in [1.29, 1.82) is 0 Å². The Morgan fingerprint density at radius 2 is 1.89 bits per heavy atom. The predicted molar refractivity (Wildman–Crippen MR) is 70.0 cm³/mol. The maximum atomic E-state index is 12.0. The van der Waals surface area contributed by atoms with E-state index in [2.05, 4.69) is 0 Å². The van der Waals surface area contributed by atoms with E-state index in [9.17, 15) is 21.6 Å². The number of nitrogens with zero attached hydrogens (tertiary/aromatic N) is 1. The van der Waals surface area contributed by atoms with Crippen LogP contribution in [0.2, 0.25) is 0 Å². The summed E-state index contributed by atoms with van der Waals surface area (Å²) < 4.78 is 47.2. The van der Waals surface area contributed by atoms with Gasteiger partial charge >= 0.3 is 5.97 Å². The fourth-order valence-electron chi connectivity index (χ4n) is 2.08. The number of carboxylic acid groups (broad SMARTS) is 1. The Bertz CT molecular complexity index is 524. The van der Waals surface area contributed by atoms with Gasteiger partial charge in [-0.1, -0.05) is 0 Å². The minimum Gasteiger partial charge on any atom is -0.481 e. The number of piperidine rings is 1. The van der Waals surface area contributed by atoms with Crippen molar-refractivity contribution >= 4 is 25.8 Å². The third kappa shape index (κ3) is 5.87. The van der Waals surface area contributed by atoms with Crippen LogP contribution < -0.4 is 0 Å². The van der Waals surface area contributed by atoms with Gasteiger partial charge in [0.1, 0.15) is 9.84 Å². The van der Waals surface area contributed by atoms with E-state index in [1.54, 1.807) is 0 Å². The molecule has 1 fully saturated rings. The summed E-state index contributed by atoms with van der Waals surface area (Å²) in [6.07, 6.45) is 2.23. The molecule has 112 valence electrons. The first-order chi connectivity index (χ1) is 8.60. The molecule has 0 aromatic heterocycles. The average Bonchev–Trinajstić information content (AvgIpc) is 2.25. The largest absolute Gasteiger partial charge is 0.481 e. The third-order valence-corrected chi connectivity index (χ3v) is 6.09. The predicted octanol–water partition coefficient (Wildman–Crippen LogP) is -0.452. The molecule has 19 heavy (non-hydrogen) atoms. The smallest absolute Gasteiger partial charge is 0.303 e. The molecule has 1 rings (SSSR count). The van der Waals surface area contributed by atoms with E-state index < -0.39 is 37.3 Å². The van der Waals surface area contributed by atoms with Crippen molar-refractivity contribution < 1.29 is 26.7 Å². The lowest BCUT2D eigenvalue weighted by atomic mass is 9.96. The number of aliphatic carboxylic acids is 1. The van der Waals surface area contributed by atoms with Crippen molar-refractivity contribution in [3.8, 4) is 0 Å². The summed E-state index contributed by atoms with van der Waals surface area (Å²) in [5.74, 6) is -1.99. The van der Waals surface area contributed by atoms with Gasteiger partial charge < -0.3 is 5.11 Å². The van der Waals surface area contributed by atoms with Gasteiger partial charge in [0.05, 0.1) is 11.5 Å². The van der Waals surface area contributed by atoms with Crippen LogP contribution >= 0.6 is 0 Å². The van der Waals surface area contributed by atoms with Crippen LogP contribution in [0.3, 0.4) is 0 Å². The Kier molecular flexibility index (Phi) is 5.34. The molecular weight excluding hydrogens is 294 g/mol. The SMILES string of the molecule is CS(=O)(=O)CCS(=O)(=O)N1CCCC(CC(=O)O)C1. The minimum absolute atomic E-state index is 0.0574. The highest BCUT2D eigenvalue weighted by atomic mass is 32.2. The summed E-state index contributed by atoms with van der Waals surface area (Å²) in [5, 5.41) is 8.72. The molecule has 0 spiro atoms. The number of hydrogen-bond donors (Lipinski definition) is 1. The van der Waals surface area contributed by atoms with Crippen LogP contribution in [-0.2, 0) is 24.7 Å². The second-order valence-electron chi connectivity index (χ2n) is 4.91. The summed E-state index contributed by atoms with van der Waals surface area (Å²) >= 11 is 0. The van der Waals surface area contributed by atoms with Crippen molar-refractivity contribution in [2.75, 3.05) is 30.9 Å². The zero-order valence-electron chi connectivity index (χ0n) is 10.8. The zero-order valence-corrected chi connectivity index (χ0v) is 12.4. The van der Waals surface area contributed by atoms with E-state index in [4.69, 9.17) is 5.11 Å². The fraction of sp³-hybridized carbons (Fsp3) is 0.900. The van der Waals surface area contributed by atoms with Gasteiger partial charge in [-0.15, -0.1) is 0 Å². The van der Waals surface area contributed by atoms with Crippen LogP contribution in [0.15, 0.2) is 0 Å². The Labute approximate surface area is 113 Å². The number of rotatable bonds is 6. The summed E-state index contributed by atoms with van der Waals surface area (Å²) in [6.45, 7) is 0.501. The van der Waals surface area contributed by atoms with Crippen molar-refractivity contribution in [2.45, 2.75) is 19.3 Å². The topological polar surface area (TPSA) is 109 Å². The van der Waals surface area contributed by atoms with Gasteiger partial charge in [0.15, 0.2) is 0 Å². The lowest BCUT2D eigenvalue weighted by Gasteiger charge is -2.31. The molecule has 0 aliphatic carbocycles. The summed E-state index contributed by atoms with van der Waals surface area (Å²) in [7, 11) is -6.95. The highest BCUT2D eigenvalue weighted by molar-refractivity contribution is 7.93.